The second-order valence-electron chi connectivity index (χ2n) is 8.01. The van der Waals surface area contributed by atoms with Crippen LogP contribution in [0.3, 0.4) is 0 Å². The number of ether oxygens (including phenoxy) is 3. The third-order valence-electron chi connectivity index (χ3n) is 5.97. The maximum Gasteiger partial charge on any atom is 0.329 e. The Kier molecular flexibility index (Phi) is 5.58. The van der Waals surface area contributed by atoms with Crippen molar-refractivity contribution in [2.75, 3.05) is 24.3 Å². The Morgan fingerprint density at radius 2 is 1.59 bits per heavy atom. The molecule has 164 valence electrons. The minimum absolute atomic E-state index is 0.260. The van der Waals surface area contributed by atoms with E-state index in [0.717, 1.165) is 41.0 Å². The lowest BCUT2D eigenvalue weighted by atomic mass is 9.99. The maximum absolute atomic E-state index is 12.8. The zero-order valence-electron chi connectivity index (χ0n) is 18.0. The van der Waals surface area contributed by atoms with Gasteiger partial charge in [0.1, 0.15) is 19.3 Å². The van der Waals surface area contributed by atoms with Gasteiger partial charge in [-0.15, -0.1) is 0 Å². The minimum Gasteiger partial charge on any atom is -0.491 e. The molecule has 2 heterocycles. The summed E-state index contributed by atoms with van der Waals surface area (Å²) in [5.74, 6) is 1.05. The molecule has 3 aromatic rings. The van der Waals surface area contributed by atoms with Crippen LogP contribution < -0.4 is 20.1 Å². The topological polar surface area (TPSA) is 68.8 Å². The number of anilines is 2. The third kappa shape index (κ3) is 3.84. The van der Waals surface area contributed by atoms with Gasteiger partial charge < -0.3 is 24.8 Å². The Balaban J connectivity index is 1.38. The number of esters is 1. The molecule has 0 radical (unpaired) electrons. The van der Waals surface area contributed by atoms with Crippen LogP contribution in [0.25, 0.3) is 0 Å². The Labute approximate surface area is 187 Å². The molecule has 2 aliphatic rings. The number of fused-ring (bicyclic) bond motifs is 3. The molecule has 0 saturated carbocycles. The summed E-state index contributed by atoms with van der Waals surface area (Å²) in [7, 11) is 1.63. The summed E-state index contributed by atoms with van der Waals surface area (Å²) in [6.07, 6.45) is 1.46. The lowest BCUT2D eigenvalue weighted by molar-refractivity contribution is -0.145. The van der Waals surface area contributed by atoms with Crippen molar-refractivity contribution >= 4 is 17.3 Å². The van der Waals surface area contributed by atoms with Gasteiger partial charge in [-0.25, -0.2) is 4.79 Å². The number of rotatable bonds is 7. The van der Waals surface area contributed by atoms with Crippen LogP contribution in [0, 0.1) is 0 Å². The van der Waals surface area contributed by atoms with Crippen LogP contribution in [-0.4, -0.2) is 25.7 Å². The molecule has 0 spiro atoms. The number of benzene rings is 3. The third-order valence-corrected chi connectivity index (χ3v) is 5.97. The first-order valence-corrected chi connectivity index (χ1v) is 10.9. The van der Waals surface area contributed by atoms with Crippen LogP contribution in [-0.2, 0) is 35.6 Å². The van der Waals surface area contributed by atoms with Crippen LogP contribution >= 0.6 is 0 Å². The van der Waals surface area contributed by atoms with Crippen molar-refractivity contribution in [3.8, 4) is 11.5 Å². The second kappa shape index (κ2) is 8.83. The maximum atomic E-state index is 12.8. The van der Waals surface area contributed by atoms with Crippen molar-refractivity contribution < 1.29 is 19.0 Å². The van der Waals surface area contributed by atoms with Gasteiger partial charge in [0.15, 0.2) is 11.5 Å². The second-order valence-corrected chi connectivity index (χ2v) is 8.01. The van der Waals surface area contributed by atoms with Gasteiger partial charge in [0, 0.05) is 13.0 Å². The SMILES string of the molecule is COc1c2c(c3c(c1OCc1ccccc1)NCC3)CC(C(=O)OCc1ccccc1)N2. The van der Waals surface area contributed by atoms with Gasteiger partial charge in [0.2, 0.25) is 0 Å². The van der Waals surface area contributed by atoms with Gasteiger partial charge >= 0.3 is 5.97 Å². The van der Waals surface area contributed by atoms with E-state index < -0.39 is 6.04 Å². The number of nitrogens with one attached hydrogen (secondary N) is 2. The molecular formula is C26H26N2O4. The number of carbonyl (C=O) groups excluding carboxylic acids is 1. The molecule has 0 bridgehead atoms. The molecule has 0 fully saturated rings. The summed E-state index contributed by atoms with van der Waals surface area (Å²) in [5, 5.41) is 6.80. The lowest BCUT2D eigenvalue weighted by Gasteiger charge is -2.19. The molecule has 0 aromatic heterocycles. The summed E-state index contributed by atoms with van der Waals surface area (Å²) in [6, 6.07) is 19.3. The van der Waals surface area contributed by atoms with Crippen LogP contribution in [0.2, 0.25) is 0 Å². The predicted octanol–water partition coefficient (Wildman–Crippen LogP) is 4.32. The van der Waals surface area contributed by atoms with E-state index in [-0.39, 0.29) is 12.6 Å². The first kappa shape index (κ1) is 20.2. The molecule has 2 aliphatic heterocycles. The molecular weight excluding hydrogens is 404 g/mol. The highest BCUT2D eigenvalue weighted by atomic mass is 16.5. The highest BCUT2D eigenvalue weighted by Crippen LogP contribution is 2.51. The van der Waals surface area contributed by atoms with Crippen molar-refractivity contribution in [1.82, 2.24) is 0 Å². The van der Waals surface area contributed by atoms with E-state index in [1.807, 2.05) is 60.7 Å². The van der Waals surface area contributed by atoms with Crippen molar-refractivity contribution in [1.29, 1.82) is 0 Å². The summed E-state index contributed by atoms with van der Waals surface area (Å²) in [4.78, 5) is 12.8. The van der Waals surface area contributed by atoms with Crippen molar-refractivity contribution in [3.63, 3.8) is 0 Å². The summed E-state index contributed by atoms with van der Waals surface area (Å²) >= 11 is 0. The summed E-state index contributed by atoms with van der Waals surface area (Å²) in [5.41, 5.74) is 6.15. The average molecular weight is 431 g/mol. The van der Waals surface area contributed by atoms with E-state index in [2.05, 4.69) is 10.6 Å². The fourth-order valence-electron chi connectivity index (χ4n) is 4.42. The number of hydrogen-bond acceptors (Lipinski definition) is 6. The summed E-state index contributed by atoms with van der Waals surface area (Å²) in [6.45, 7) is 1.53. The standard InChI is InChI=1S/C26H26N2O4/c1-30-24-23-20(14-21(28-23)26(29)32-16-18-10-6-3-7-11-18)19-12-13-27-22(19)25(24)31-15-17-8-4-2-5-9-17/h2-11,21,27-28H,12-16H2,1H3. The Hall–Kier alpha value is -3.67. The van der Waals surface area contributed by atoms with E-state index >= 15 is 0 Å². The molecule has 1 atom stereocenters. The first-order chi connectivity index (χ1) is 15.7. The van der Waals surface area contributed by atoms with Crippen LogP contribution in [0.1, 0.15) is 22.3 Å². The molecule has 32 heavy (non-hydrogen) atoms. The summed E-state index contributed by atoms with van der Waals surface area (Å²) < 4.78 is 17.6. The van der Waals surface area contributed by atoms with Crippen LogP contribution in [0.15, 0.2) is 60.7 Å². The first-order valence-electron chi connectivity index (χ1n) is 10.9. The molecule has 1 unspecified atom stereocenters. The zero-order valence-corrected chi connectivity index (χ0v) is 18.0. The highest BCUT2D eigenvalue weighted by Gasteiger charge is 2.37. The fourth-order valence-corrected chi connectivity index (χ4v) is 4.42. The van der Waals surface area contributed by atoms with Crippen LogP contribution in [0.5, 0.6) is 11.5 Å². The molecule has 5 rings (SSSR count). The zero-order chi connectivity index (χ0) is 21.9. The van der Waals surface area contributed by atoms with E-state index in [1.165, 1.54) is 5.56 Å². The quantitative estimate of drug-likeness (QED) is 0.544. The predicted molar refractivity (Wildman–Crippen MR) is 123 cm³/mol. The highest BCUT2D eigenvalue weighted by molar-refractivity contribution is 5.90. The smallest absolute Gasteiger partial charge is 0.329 e. The average Bonchev–Trinajstić information content (AvgIpc) is 3.49. The fraction of sp³-hybridized carbons (Fsp3) is 0.269. The minimum atomic E-state index is -0.448. The van der Waals surface area contributed by atoms with Gasteiger partial charge in [-0.2, -0.15) is 0 Å². The van der Waals surface area contributed by atoms with Crippen LogP contribution in [0.4, 0.5) is 11.4 Å². The number of hydrogen-bond donors (Lipinski definition) is 2. The van der Waals surface area contributed by atoms with Gasteiger partial charge in [0.05, 0.1) is 18.5 Å². The molecule has 0 saturated heterocycles. The Bertz CT molecular complexity index is 1120. The van der Waals surface area contributed by atoms with Gasteiger partial charge in [0.25, 0.3) is 0 Å². The lowest BCUT2D eigenvalue weighted by Crippen LogP contribution is -2.29. The van der Waals surface area contributed by atoms with E-state index in [9.17, 15) is 4.79 Å². The van der Waals surface area contributed by atoms with Gasteiger partial charge in [-0.1, -0.05) is 60.7 Å². The molecule has 2 N–H and O–H groups in total. The Morgan fingerprint density at radius 1 is 0.906 bits per heavy atom. The number of carbonyl (C=O) groups is 1. The molecule has 0 amide bonds. The monoisotopic (exact) mass is 430 g/mol. The van der Waals surface area contributed by atoms with Gasteiger partial charge in [-0.3, -0.25) is 0 Å². The van der Waals surface area contributed by atoms with E-state index in [0.29, 0.717) is 24.5 Å². The molecule has 6 heteroatoms. The molecule has 0 aliphatic carbocycles. The number of methoxy groups -OCH3 is 1. The Morgan fingerprint density at radius 3 is 2.28 bits per heavy atom. The van der Waals surface area contributed by atoms with E-state index in [1.54, 1.807) is 7.11 Å². The molecule has 3 aromatic carbocycles. The van der Waals surface area contributed by atoms with Gasteiger partial charge in [-0.05, 0) is 28.7 Å². The van der Waals surface area contributed by atoms with Crippen molar-refractivity contribution in [3.05, 3.63) is 82.9 Å². The van der Waals surface area contributed by atoms with Crippen molar-refractivity contribution in [2.45, 2.75) is 32.1 Å². The molecule has 6 nitrogen and oxygen atoms in total. The van der Waals surface area contributed by atoms with Crippen molar-refractivity contribution in [2.24, 2.45) is 0 Å². The normalized spacial score (nSPS) is 15.8. The van der Waals surface area contributed by atoms with E-state index in [4.69, 9.17) is 14.2 Å². The largest absolute Gasteiger partial charge is 0.491 e.